The molecule has 4 bridgehead atoms. The summed E-state index contributed by atoms with van der Waals surface area (Å²) in [6.45, 7) is 1.08. The first-order valence-electron chi connectivity index (χ1n) is 5.85. The van der Waals surface area contributed by atoms with Crippen molar-refractivity contribution in [2.75, 3.05) is 0 Å². The van der Waals surface area contributed by atoms with Crippen LogP contribution in [0.25, 0.3) is 0 Å². The summed E-state index contributed by atoms with van der Waals surface area (Å²) in [5, 5.41) is 7.42. The molecule has 0 spiro atoms. The number of halogens is 1. The van der Waals surface area contributed by atoms with Crippen LogP contribution < -0.4 is 0 Å². The standard InChI is InChI=1S/C10H15Br.C2H4O2/c11-10-4-7-1-8(5-10)3-9(2-7)6-10;1-2(3)4/h7-9H,1-6H2;1H3,(H,3,4). The summed E-state index contributed by atoms with van der Waals surface area (Å²) >= 11 is 3.96. The van der Waals surface area contributed by atoms with Crippen molar-refractivity contribution in [1.29, 1.82) is 0 Å². The van der Waals surface area contributed by atoms with E-state index in [1.807, 2.05) is 0 Å². The van der Waals surface area contributed by atoms with Gasteiger partial charge in [-0.2, -0.15) is 0 Å². The fraction of sp³-hybridized carbons (Fsp3) is 0.917. The molecule has 4 fully saturated rings. The van der Waals surface area contributed by atoms with Crippen LogP contribution in [0.4, 0.5) is 0 Å². The SMILES string of the molecule is BrC12CC3CC(CC(C3)C1)C2.CC(=O)O. The van der Waals surface area contributed by atoms with Gasteiger partial charge in [-0.25, -0.2) is 0 Å². The fourth-order valence-corrected chi connectivity index (χ4v) is 5.38. The predicted octanol–water partition coefficient (Wildman–Crippen LogP) is 3.44. The number of alkyl halides is 1. The quantitative estimate of drug-likeness (QED) is 0.687. The van der Waals surface area contributed by atoms with Crippen LogP contribution in [0.2, 0.25) is 0 Å². The van der Waals surface area contributed by atoms with Crippen LogP contribution in [0.3, 0.4) is 0 Å². The highest BCUT2D eigenvalue weighted by Gasteiger charge is 2.49. The lowest BCUT2D eigenvalue weighted by Gasteiger charge is -2.54. The Balaban J connectivity index is 0.000000188. The van der Waals surface area contributed by atoms with Crippen molar-refractivity contribution in [1.82, 2.24) is 0 Å². The zero-order chi connectivity index (χ0) is 11.1. The zero-order valence-electron chi connectivity index (χ0n) is 9.21. The van der Waals surface area contributed by atoms with E-state index in [2.05, 4.69) is 15.9 Å². The zero-order valence-corrected chi connectivity index (χ0v) is 10.8. The molecule has 0 saturated heterocycles. The van der Waals surface area contributed by atoms with Gasteiger partial charge in [-0.1, -0.05) is 15.9 Å². The molecule has 0 unspecified atom stereocenters. The number of carbonyl (C=O) groups is 1. The second-order valence-electron chi connectivity index (χ2n) is 5.59. The van der Waals surface area contributed by atoms with Gasteiger partial charge in [0.1, 0.15) is 0 Å². The molecule has 4 rings (SSSR count). The minimum Gasteiger partial charge on any atom is -0.481 e. The predicted molar refractivity (Wildman–Crippen MR) is 63.1 cm³/mol. The molecule has 0 amide bonds. The van der Waals surface area contributed by atoms with Gasteiger partial charge in [-0.15, -0.1) is 0 Å². The molecular weight excluding hydrogens is 256 g/mol. The number of hydrogen-bond donors (Lipinski definition) is 1. The molecule has 4 aliphatic carbocycles. The highest BCUT2D eigenvalue weighted by Crippen LogP contribution is 2.58. The Kier molecular flexibility index (Phi) is 3.11. The lowest BCUT2D eigenvalue weighted by molar-refractivity contribution is -0.134. The minimum atomic E-state index is -0.833. The first-order valence-corrected chi connectivity index (χ1v) is 6.64. The summed E-state index contributed by atoms with van der Waals surface area (Å²) in [4.78, 5) is 9.00. The molecule has 4 saturated carbocycles. The van der Waals surface area contributed by atoms with Crippen LogP contribution in [-0.2, 0) is 4.79 Å². The van der Waals surface area contributed by atoms with Crippen LogP contribution in [0.1, 0.15) is 45.4 Å². The third-order valence-electron chi connectivity index (χ3n) is 3.96. The smallest absolute Gasteiger partial charge is 0.300 e. The molecule has 0 aliphatic heterocycles. The highest BCUT2D eigenvalue weighted by atomic mass is 79.9. The van der Waals surface area contributed by atoms with Crippen LogP contribution in [0.5, 0.6) is 0 Å². The molecule has 0 heterocycles. The van der Waals surface area contributed by atoms with Gasteiger partial charge in [0.25, 0.3) is 5.97 Å². The first-order chi connectivity index (χ1) is 6.97. The van der Waals surface area contributed by atoms with Crippen molar-refractivity contribution >= 4 is 21.9 Å². The Bertz CT molecular complexity index is 223. The van der Waals surface area contributed by atoms with E-state index in [-0.39, 0.29) is 0 Å². The molecule has 1 N–H and O–H groups in total. The maximum atomic E-state index is 9.00. The first kappa shape index (κ1) is 11.4. The molecule has 86 valence electrons. The van der Waals surface area contributed by atoms with Crippen molar-refractivity contribution in [3.05, 3.63) is 0 Å². The number of carboxylic acid groups (broad SMARTS) is 1. The summed E-state index contributed by atoms with van der Waals surface area (Å²) in [5.41, 5.74) is 0. The van der Waals surface area contributed by atoms with Gasteiger partial charge in [-0.05, 0) is 56.3 Å². The molecule has 0 aromatic carbocycles. The van der Waals surface area contributed by atoms with Gasteiger partial charge in [0.15, 0.2) is 0 Å². The molecule has 3 heteroatoms. The monoisotopic (exact) mass is 274 g/mol. The minimum absolute atomic E-state index is 0.613. The highest BCUT2D eigenvalue weighted by molar-refractivity contribution is 9.10. The van der Waals surface area contributed by atoms with Crippen LogP contribution >= 0.6 is 15.9 Å². The van der Waals surface area contributed by atoms with Crippen molar-refractivity contribution in [2.45, 2.75) is 49.8 Å². The molecule has 0 atom stereocenters. The Morgan fingerprint density at radius 2 is 1.40 bits per heavy atom. The van der Waals surface area contributed by atoms with Crippen LogP contribution in [0.15, 0.2) is 0 Å². The van der Waals surface area contributed by atoms with Gasteiger partial charge in [0, 0.05) is 11.2 Å². The van der Waals surface area contributed by atoms with Crippen molar-refractivity contribution < 1.29 is 9.90 Å². The van der Waals surface area contributed by atoms with E-state index in [9.17, 15) is 0 Å². The van der Waals surface area contributed by atoms with E-state index in [0.29, 0.717) is 4.32 Å². The van der Waals surface area contributed by atoms with E-state index in [1.54, 1.807) is 19.3 Å². The van der Waals surface area contributed by atoms with E-state index >= 15 is 0 Å². The van der Waals surface area contributed by atoms with Crippen molar-refractivity contribution in [3.8, 4) is 0 Å². The molecule has 4 aliphatic rings. The van der Waals surface area contributed by atoms with E-state index in [0.717, 1.165) is 24.7 Å². The topological polar surface area (TPSA) is 37.3 Å². The van der Waals surface area contributed by atoms with Gasteiger partial charge in [0.2, 0.25) is 0 Å². The van der Waals surface area contributed by atoms with Crippen LogP contribution in [-0.4, -0.2) is 15.4 Å². The molecule has 15 heavy (non-hydrogen) atoms. The van der Waals surface area contributed by atoms with Crippen LogP contribution in [0, 0.1) is 17.8 Å². The largest absolute Gasteiger partial charge is 0.481 e. The van der Waals surface area contributed by atoms with Crippen molar-refractivity contribution in [3.63, 3.8) is 0 Å². The average molecular weight is 275 g/mol. The Morgan fingerprint density at radius 1 is 1.13 bits per heavy atom. The molecule has 2 nitrogen and oxygen atoms in total. The normalized spacial score (nSPS) is 45.9. The second-order valence-corrected chi connectivity index (χ2v) is 7.27. The van der Waals surface area contributed by atoms with Gasteiger partial charge in [0.05, 0.1) is 0 Å². The maximum absolute atomic E-state index is 9.00. The number of rotatable bonds is 0. The van der Waals surface area contributed by atoms with E-state index < -0.39 is 5.97 Å². The summed E-state index contributed by atoms with van der Waals surface area (Å²) in [6, 6.07) is 0. The van der Waals surface area contributed by atoms with Crippen molar-refractivity contribution in [2.24, 2.45) is 17.8 Å². The maximum Gasteiger partial charge on any atom is 0.300 e. The number of aliphatic carboxylic acids is 1. The molecular formula is C12H19BrO2. The lowest BCUT2D eigenvalue weighted by Crippen LogP contribution is -2.46. The molecule has 0 radical (unpaired) electrons. The van der Waals surface area contributed by atoms with E-state index in [1.165, 1.54) is 19.3 Å². The van der Waals surface area contributed by atoms with Gasteiger partial charge in [-0.3, -0.25) is 4.79 Å². The lowest BCUT2D eigenvalue weighted by atomic mass is 9.56. The third kappa shape index (κ3) is 2.74. The number of carboxylic acids is 1. The second kappa shape index (κ2) is 4.08. The van der Waals surface area contributed by atoms with E-state index in [4.69, 9.17) is 9.90 Å². The Labute approximate surface area is 99.6 Å². The summed E-state index contributed by atoms with van der Waals surface area (Å²) in [6.07, 6.45) is 9.14. The number of hydrogen-bond acceptors (Lipinski definition) is 1. The Hall–Kier alpha value is -0.0500. The average Bonchev–Trinajstić information content (AvgIpc) is 1.96. The molecule has 0 aromatic heterocycles. The molecule has 0 aromatic rings. The summed E-state index contributed by atoms with van der Waals surface area (Å²) in [7, 11) is 0. The van der Waals surface area contributed by atoms with Gasteiger partial charge >= 0.3 is 0 Å². The van der Waals surface area contributed by atoms with Gasteiger partial charge < -0.3 is 5.11 Å². The fourth-order valence-electron chi connectivity index (χ4n) is 4.00. The third-order valence-corrected chi connectivity index (χ3v) is 4.93. The summed E-state index contributed by atoms with van der Waals surface area (Å²) < 4.78 is 0.613. The Morgan fingerprint density at radius 3 is 1.60 bits per heavy atom. The summed E-state index contributed by atoms with van der Waals surface area (Å²) in [5.74, 6) is 2.46.